The first-order valence-electron chi connectivity index (χ1n) is 10.7. The zero-order chi connectivity index (χ0) is 24.9. The largest absolute Gasteiger partial charge is 0.497 e. The van der Waals surface area contributed by atoms with Crippen LogP contribution in [0.2, 0.25) is 0 Å². The van der Waals surface area contributed by atoms with Crippen LogP contribution in [0.4, 0.5) is 10.5 Å². The fourth-order valence-electron chi connectivity index (χ4n) is 3.48. The summed E-state index contributed by atoms with van der Waals surface area (Å²) in [7, 11) is 1.56. The quantitative estimate of drug-likeness (QED) is 0.437. The molecule has 182 valence electrons. The second kappa shape index (κ2) is 10.4. The van der Waals surface area contributed by atoms with E-state index in [1.54, 1.807) is 70.3 Å². The number of fused-ring (bicyclic) bond motifs is 1. The highest BCUT2D eigenvalue weighted by Crippen LogP contribution is 2.29. The number of nitrogens with one attached hydrogen (secondary N) is 2. The summed E-state index contributed by atoms with van der Waals surface area (Å²) in [6, 6.07) is 11.3. The van der Waals surface area contributed by atoms with Gasteiger partial charge in [-0.05, 0) is 68.3 Å². The molecule has 1 atom stereocenters. The Balaban J connectivity index is 1.84. The Morgan fingerprint density at radius 1 is 1.06 bits per heavy atom. The lowest BCUT2D eigenvalue weighted by molar-refractivity contribution is -0.131. The van der Waals surface area contributed by atoms with Gasteiger partial charge in [0.05, 0.1) is 13.7 Å². The van der Waals surface area contributed by atoms with Gasteiger partial charge in [-0.1, -0.05) is 6.07 Å². The Hall–Kier alpha value is -3.79. The minimum Gasteiger partial charge on any atom is -0.497 e. The van der Waals surface area contributed by atoms with Gasteiger partial charge in [0.15, 0.2) is 6.61 Å². The van der Waals surface area contributed by atoms with Crippen LogP contribution in [-0.4, -0.2) is 53.4 Å². The van der Waals surface area contributed by atoms with Crippen LogP contribution >= 0.6 is 0 Å². The van der Waals surface area contributed by atoms with Gasteiger partial charge in [-0.2, -0.15) is 0 Å². The van der Waals surface area contributed by atoms with Crippen LogP contribution in [0, 0.1) is 0 Å². The molecule has 0 unspecified atom stereocenters. The van der Waals surface area contributed by atoms with Crippen molar-refractivity contribution in [2.75, 3.05) is 19.0 Å². The fourth-order valence-corrected chi connectivity index (χ4v) is 3.48. The summed E-state index contributed by atoms with van der Waals surface area (Å²) in [6.07, 6.45) is -0.340. The van der Waals surface area contributed by atoms with Crippen molar-refractivity contribution in [2.45, 2.75) is 45.4 Å². The summed E-state index contributed by atoms with van der Waals surface area (Å²) >= 11 is 0. The van der Waals surface area contributed by atoms with Gasteiger partial charge in [-0.25, -0.2) is 10.3 Å². The van der Waals surface area contributed by atoms with Gasteiger partial charge in [0.1, 0.15) is 23.1 Å². The van der Waals surface area contributed by atoms with Gasteiger partial charge in [0.25, 0.3) is 5.91 Å². The van der Waals surface area contributed by atoms with E-state index in [0.29, 0.717) is 17.2 Å². The third kappa shape index (κ3) is 6.38. The number of nitrogens with zero attached hydrogens (tertiary/aromatic N) is 1. The van der Waals surface area contributed by atoms with E-state index in [2.05, 4.69) is 5.32 Å². The van der Waals surface area contributed by atoms with Crippen LogP contribution in [0.3, 0.4) is 0 Å². The smallest absolute Gasteiger partial charge is 0.411 e. The molecule has 2 aromatic carbocycles. The molecule has 1 aliphatic rings. The van der Waals surface area contributed by atoms with E-state index in [-0.39, 0.29) is 25.5 Å². The minimum atomic E-state index is -0.795. The molecule has 0 saturated carbocycles. The summed E-state index contributed by atoms with van der Waals surface area (Å²) < 4.78 is 16.1. The predicted octanol–water partition coefficient (Wildman–Crippen LogP) is 2.88. The number of carbonyl (C=O) groups excluding carboxylic acids is 3. The molecule has 3 N–H and O–H groups in total. The molecule has 34 heavy (non-hydrogen) atoms. The number of hydroxylamine groups is 1. The molecule has 0 spiro atoms. The number of methoxy groups -OCH3 is 1. The zero-order valence-corrected chi connectivity index (χ0v) is 19.6. The summed E-state index contributed by atoms with van der Waals surface area (Å²) in [5.41, 5.74) is 2.97. The Morgan fingerprint density at radius 2 is 1.74 bits per heavy atom. The van der Waals surface area contributed by atoms with E-state index < -0.39 is 23.6 Å². The molecule has 0 bridgehead atoms. The van der Waals surface area contributed by atoms with Crippen LogP contribution in [0.1, 0.15) is 31.9 Å². The minimum absolute atomic E-state index is 0.119. The Labute approximate surface area is 197 Å². The maximum absolute atomic E-state index is 13.2. The highest BCUT2D eigenvalue weighted by atomic mass is 16.6. The summed E-state index contributed by atoms with van der Waals surface area (Å²) in [4.78, 5) is 38.8. The summed E-state index contributed by atoms with van der Waals surface area (Å²) in [5, 5.41) is 11.5. The molecule has 3 amide bonds. The SMILES string of the molecule is COc1ccc(NC(=O)[C@@H]2Cc3ccc(OCC(=O)NO)cc3CN2C(=O)OC(C)(C)C)cc1. The maximum atomic E-state index is 13.2. The molecule has 2 aromatic rings. The second-order valence-electron chi connectivity index (χ2n) is 8.80. The van der Waals surface area contributed by atoms with Crippen LogP contribution in [0.15, 0.2) is 42.5 Å². The van der Waals surface area contributed by atoms with Crippen molar-refractivity contribution in [1.29, 1.82) is 0 Å². The van der Waals surface area contributed by atoms with E-state index in [1.165, 1.54) is 10.4 Å². The standard InChI is InChI=1S/C24H29N3O7/c1-24(2,3)34-23(30)27-13-16-11-19(33-14-21(28)26-31)8-5-15(16)12-20(27)22(29)25-17-6-9-18(32-4)10-7-17/h5-11,20,31H,12-14H2,1-4H3,(H,25,29)(H,26,28)/t20-/m0/s1. The molecular formula is C24H29N3O7. The average molecular weight is 472 g/mol. The third-order valence-corrected chi connectivity index (χ3v) is 5.09. The highest BCUT2D eigenvalue weighted by molar-refractivity contribution is 5.97. The van der Waals surface area contributed by atoms with Gasteiger partial charge < -0.3 is 19.5 Å². The number of hydrogen-bond acceptors (Lipinski definition) is 7. The Bertz CT molecular complexity index is 1050. The summed E-state index contributed by atoms with van der Waals surface area (Å²) in [6.45, 7) is 5.03. The molecule has 0 radical (unpaired) electrons. The van der Waals surface area contributed by atoms with Crippen molar-refractivity contribution in [3.63, 3.8) is 0 Å². The summed E-state index contributed by atoms with van der Waals surface area (Å²) in [5.74, 6) is 0.0204. The first kappa shape index (κ1) is 24.8. The second-order valence-corrected chi connectivity index (χ2v) is 8.80. The first-order chi connectivity index (χ1) is 16.1. The van der Waals surface area contributed by atoms with Crippen molar-refractivity contribution in [1.82, 2.24) is 10.4 Å². The van der Waals surface area contributed by atoms with Crippen molar-refractivity contribution in [3.05, 3.63) is 53.6 Å². The highest BCUT2D eigenvalue weighted by Gasteiger charge is 2.37. The Kier molecular flexibility index (Phi) is 7.62. The van der Waals surface area contributed by atoms with Crippen LogP contribution < -0.4 is 20.3 Å². The molecule has 3 rings (SSSR count). The van der Waals surface area contributed by atoms with Crippen molar-refractivity contribution in [2.24, 2.45) is 0 Å². The molecule has 1 heterocycles. The number of rotatable bonds is 6. The number of anilines is 1. The molecule has 0 fully saturated rings. The van der Waals surface area contributed by atoms with E-state index in [0.717, 1.165) is 11.1 Å². The predicted molar refractivity (Wildman–Crippen MR) is 123 cm³/mol. The van der Waals surface area contributed by atoms with Crippen LogP contribution in [0.25, 0.3) is 0 Å². The number of ether oxygens (including phenoxy) is 3. The molecule has 1 aliphatic heterocycles. The normalized spacial score (nSPS) is 15.1. The van der Waals surface area contributed by atoms with Gasteiger partial charge >= 0.3 is 6.09 Å². The maximum Gasteiger partial charge on any atom is 0.411 e. The molecule has 0 saturated heterocycles. The van der Waals surface area contributed by atoms with Crippen molar-refractivity contribution >= 4 is 23.6 Å². The topological polar surface area (TPSA) is 126 Å². The lowest BCUT2D eigenvalue weighted by Crippen LogP contribution is -2.52. The van der Waals surface area contributed by atoms with Gasteiger partial charge in [0, 0.05) is 12.1 Å². The number of amides is 3. The zero-order valence-electron chi connectivity index (χ0n) is 19.6. The van der Waals surface area contributed by atoms with E-state index >= 15 is 0 Å². The van der Waals surface area contributed by atoms with Crippen LogP contribution in [-0.2, 0) is 27.3 Å². The average Bonchev–Trinajstić information content (AvgIpc) is 2.80. The van der Waals surface area contributed by atoms with Gasteiger partial charge in [-0.3, -0.25) is 19.7 Å². The van der Waals surface area contributed by atoms with Crippen LogP contribution in [0.5, 0.6) is 11.5 Å². The first-order valence-corrected chi connectivity index (χ1v) is 10.7. The van der Waals surface area contributed by atoms with Gasteiger partial charge in [0.2, 0.25) is 5.91 Å². The van der Waals surface area contributed by atoms with E-state index in [1.807, 2.05) is 0 Å². The molecule has 0 aliphatic carbocycles. The number of hydrogen-bond donors (Lipinski definition) is 3. The molecule has 0 aromatic heterocycles. The lowest BCUT2D eigenvalue weighted by Gasteiger charge is -2.37. The van der Waals surface area contributed by atoms with Crippen molar-refractivity contribution in [3.8, 4) is 11.5 Å². The fraction of sp³-hybridized carbons (Fsp3) is 0.375. The molecular weight excluding hydrogens is 442 g/mol. The monoisotopic (exact) mass is 471 g/mol. The number of carbonyl (C=O) groups is 3. The molecule has 10 heteroatoms. The number of benzene rings is 2. The van der Waals surface area contributed by atoms with Gasteiger partial charge in [-0.15, -0.1) is 0 Å². The van der Waals surface area contributed by atoms with E-state index in [9.17, 15) is 14.4 Å². The van der Waals surface area contributed by atoms with Crippen molar-refractivity contribution < 1.29 is 33.8 Å². The lowest BCUT2D eigenvalue weighted by atomic mass is 9.93. The Morgan fingerprint density at radius 3 is 2.35 bits per heavy atom. The molecule has 10 nitrogen and oxygen atoms in total. The van der Waals surface area contributed by atoms with E-state index in [4.69, 9.17) is 19.4 Å². The third-order valence-electron chi connectivity index (χ3n) is 5.09.